The Bertz CT molecular complexity index is 268. The number of hydrogen-bond acceptors (Lipinski definition) is 3. The summed E-state index contributed by atoms with van der Waals surface area (Å²) in [7, 11) is -1.89. The smallest absolute Gasteiger partial charge is 0.272 e. The Morgan fingerprint density at radius 2 is 1.43 bits per heavy atom. The molecule has 0 rings (SSSR count). The van der Waals surface area contributed by atoms with Crippen molar-refractivity contribution in [2.24, 2.45) is 5.41 Å². The van der Waals surface area contributed by atoms with Gasteiger partial charge in [0.05, 0.1) is 0 Å². The van der Waals surface area contributed by atoms with E-state index in [2.05, 4.69) is 0 Å². The lowest BCUT2D eigenvalue weighted by Crippen LogP contribution is -2.29. The molecule has 0 N–H and O–H groups in total. The highest BCUT2D eigenvalue weighted by molar-refractivity contribution is 7.77. The molecule has 0 radical (unpaired) electrons. The summed E-state index contributed by atoms with van der Waals surface area (Å²) in [6.45, 7) is 10.6. The van der Waals surface area contributed by atoms with Crippen molar-refractivity contribution in [2.45, 2.75) is 46.7 Å². The molecule has 0 aliphatic heterocycles. The van der Waals surface area contributed by atoms with Crippen molar-refractivity contribution in [3.05, 3.63) is 0 Å². The molecule has 1 atom stereocenters. The van der Waals surface area contributed by atoms with Gasteiger partial charge < -0.3 is 4.52 Å². The SMILES string of the molecule is COP(=O)(C(=O)C(C)(C)C)C(C)(C)C. The maximum absolute atomic E-state index is 12.4. The van der Waals surface area contributed by atoms with Crippen LogP contribution in [0.2, 0.25) is 0 Å². The van der Waals surface area contributed by atoms with Gasteiger partial charge in [-0.3, -0.25) is 9.36 Å². The molecule has 0 aliphatic rings. The second-order valence-corrected chi connectivity index (χ2v) is 8.68. The van der Waals surface area contributed by atoms with Crippen LogP contribution in [0.1, 0.15) is 41.5 Å². The average molecular weight is 220 g/mol. The first-order chi connectivity index (χ1) is 5.97. The van der Waals surface area contributed by atoms with Crippen molar-refractivity contribution in [3.8, 4) is 0 Å². The summed E-state index contributed by atoms with van der Waals surface area (Å²) >= 11 is 0. The predicted octanol–water partition coefficient (Wildman–Crippen LogP) is 3.28. The van der Waals surface area contributed by atoms with Gasteiger partial charge in [0.2, 0.25) is 5.52 Å². The lowest BCUT2D eigenvalue weighted by Gasteiger charge is -2.32. The van der Waals surface area contributed by atoms with Crippen LogP contribution in [-0.4, -0.2) is 17.8 Å². The number of hydrogen-bond donors (Lipinski definition) is 0. The molecular formula is C10H21O3P. The van der Waals surface area contributed by atoms with Crippen molar-refractivity contribution in [3.63, 3.8) is 0 Å². The Morgan fingerprint density at radius 3 is 1.50 bits per heavy atom. The molecule has 0 heterocycles. The van der Waals surface area contributed by atoms with E-state index >= 15 is 0 Å². The van der Waals surface area contributed by atoms with Crippen molar-refractivity contribution < 1.29 is 13.9 Å². The summed E-state index contributed by atoms with van der Waals surface area (Å²) < 4.78 is 17.4. The average Bonchev–Trinajstić information content (AvgIpc) is 1.97. The van der Waals surface area contributed by atoms with Crippen LogP contribution in [0, 0.1) is 5.41 Å². The predicted molar refractivity (Wildman–Crippen MR) is 58.8 cm³/mol. The zero-order valence-electron chi connectivity index (χ0n) is 10.2. The third-order valence-electron chi connectivity index (χ3n) is 2.05. The summed E-state index contributed by atoms with van der Waals surface area (Å²) in [4.78, 5) is 12.0. The number of rotatable bonds is 2. The van der Waals surface area contributed by atoms with Gasteiger partial charge in [0.25, 0.3) is 7.37 Å². The van der Waals surface area contributed by atoms with Crippen molar-refractivity contribution in [2.75, 3.05) is 7.11 Å². The molecule has 4 heteroatoms. The van der Waals surface area contributed by atoms with E-state index in [1.807, 2.05) is 0 Å². The van der Waals surface area contributed by atoms with Gasteiger partial charge in [-0.05, 0) is 0 Å². The summed E-state index contributed by atoms with van der Waals surface area (Å²) in [5.41, 5.74) is -0.918. The molecule has 0 saturated heterocycles. The van der Waals surface area contributed by atoms with E-state index in [-0.39, 0.29) is 5.52 Å². The van der Waals surface area contributed by atoms with Gasteiger partial charge in [0.1, 0.15) is 0 Å². The van der Waals surface area contributed by atoms with E-state index in [1.54, 1.807) is 41.5 Å². The van der Waals surface area contributed by atoms with Crippen molar-refractivity contribution in [1.82, 2.24) is 0 Å². The summed E-state index contributed by atoms with van der Waals surface area (Å²) in [5.74, 6) is 0. The first-order valence-electron chi connectivity index (χ1n) is 4.67. The van der Waals surface area contributed by atoms with Crippen LogP contribution >= 0.6 is 7.37 Å². The molecule has 0 spiro atoms. The van der Waals surface area contributed by atoms with Gasteiger partial charge in [0, 0.05) is 17.7 Å². The number of carbonyl (C=O) groups excluding carboxylic acids is 1. The van der Waals surface area contributed by atoms with Gasteiger partial charge in [-0.2, -0.15) is 0 Å². The number of carbonyl (C=O) groups is 1. The van der Waals surface area contributed by atoms with Crippen LogP contribution in [0.25, 0.3) is 0 Å². The van der Waals surface area contributed by atoms with E-state index in [0.717, 1.165) is 0 Å². The molecule has 84 valence electrons. The largest absolute Gasteiger partial charge is 0.326 e. The summed E-state index contributed by atoms with van der Waals surface area (Å²) in [6.07, 6.45) is 0. The van der Waals surface area contributed by atoms with Gasteiger partial charge >= 0.3 is 0 Å². The van der Waals surface area contributed by atoms with Crippen LogP contribution in [0.15, 0.2) is 0 Å². The van der Waals surface area contributed by atoms with E-state index < -0.39 is 17.9 Å². The van der Waals surface area contributed by atoms with Gasteiger partial charge in [-0.1, -0.05) is 41.5 Å². The van der Waals surface area contributed by atoms with Crippen LogP contribution < -0.4 is 0 Å². The molecule has 0 saturated carbocycles. The molecule has 14 heavy (non-hydrogen) atoms. The third kappa shape index (κ3) is 2.46. The monoisotopic (exact) mass is 220 g/mol. The highest BCUT2D eigenvalue weighted by Crippen LogP contribution is 2.61. The topological polar surface area (TPSA) is 43.4 Å². The van der Waals surface area contributed by atoms with E-state index in [4.69, 9.17) is 4.52 Å². The van der Waals surface area contributed by atoms with E-state index in [9.17, 15) is 9.36 Å². The molecule has 0 bridgehead atoms. The lowest BCUT2D eigenvalue weighted by atomic mass is 9.99. The Kier molecular flexibility index (Phi) is 3.75. The maximum atomic E-state index is 12.4. The lowest BCUT2D eigenvalue weighted by molar-refractivity contribution is -0.119. The van der Waals surface area contributed by atoms with Gasteiger partial charge in [0.15, 0.2) is 0 Å². The first kappa shape index (κ1) is 13.9. The van der Waals surface area contributed by atoms with Gasteiger partial charge in [-0.15, -0.1) is 0 Å². The minimum Gasteiger partial charge on any atom is -0.326 e. The highest BCUT2D eigenvalue weighted by Gasteiger charge is 2.48. The Balaban J connectivity index is 5.31. The zero-order valence-corrected chi connectivity index (χ0v) is 11.1. The fourth-order valence-corrected chi connectivity index (χ4v) is 3.31. The summed E-state index contributed by atoms with van der Waals surface area (Å²) in [5, 5.41) is -0.633. The Labute approximate surface area is 86.7 Å². The standard InChI is InChI=1S/C10H21O3P/c1-9(2,3)8(11)14(12,13-7)10(4,5)6/h1-7H3. The zero-order chi connectivity index (χ0) is 11.8. The third-order valence-corrected chi connectivity index (χ3v) is 5.54. The normalized spacial score (nSPS) is 17.6. The second-order valence-electron chi connectivity index (χ2n) is 5.46. The van der Waals surface area contributed by atoms with Crippen LogP contribution in [0.5, 0.6) is 0 Å². The molecule has 0 aromatic rings. The summed E-state index contributed by atoms with van der Waals surface area (Å²) in [6, 6.07) is 0. The van der Waals surface area contributed by atoms with Crippen molar-refractivity contribution in [1.29, 1.82) is 0 Å². The highest BCUT2D eigenvalue weighted by atomic mass is 31.2. The Morgan fingerprint density at radius 1 is 1.07 bits per heavy atom. The Hall–Kier alpha value is -0.140. The van der Waals surface area contributed by atoms with E-state index in [1.165, 1.54) is 7.11 Å². The fourth-order valence-electron chi connectivity index (χ4n) is 1.10. The molecule has 0 fully saturated rings. The maximum Gasteiger partial charge on any atom is 0.272 e. The fraction of sp³-hybridized carbons (Fsp3) is 0.900. The van der Waals surface area contributed by atoms with Crippen LogP contribution in [0.4, 0.5) is 0 Å². The molecule has 0 aromatic carbocycles. The van der Waals surface area contributed by atoms with Gasteiger partial charge in [-0.25, -0.2) is 0 Å². The minimum atomic E-state index is -3.24. The van der Waals surface area contributed by atoms with Crippen LogP contribution in [0.3, 0.4) is 0 Å². The second kappa shape index (κ2) is 3.79. The van der Waals surface area contributed by atoms with E-state index in [0.29, 0.717) is 0 Å². The quantitative estimate of drug-likeness (QED) is 0.671. The molecule has 1 unspecified atom stereocenters. The first-order valence-corrected chi connectivity index (χ1v) is 6.30. The van der Waals surface area contributed by atoms with Crippen molar-refractivity contribution >= 4 is 12.9 Å². The molecule has 0 amide bonds. The molecule has 0 aliphatic carbocycles. The molecule has 3 nitrogen and oxygen atoms in total. The molecular weight excluding hydrogens is 199 g/mol. The van der Waals surface area contributed by atoms with Crippen LogP contribution in [-0.2, 0) is 13.9 Å². The minimum absolute atomic E-state index is 0.292. The molecule has 0 aromatic heterocycles.